The highest BCUT2D eigenvalue weighted by atomic mass is 16.6. The lowest BCUT2D eigenvalue weighted by atomic mass is 9.44. The molecule has 236 valence electrons. The molecule has 2 heterocycles. The van der Waals surface area contributed by atoms with Gasteiger partial charge in [0.1, 0.15) is 24.4 Å². The van der Waals surface area contributed by atoms with Crippen molar-refractivity contribution >= 4 is 23.4 Å². The average Bonchev–Trinajstić information content (AvgIpc) is 3.64. The van der Waals surface area contributed by atoms with Gasteiger partial charge in [0.25, 0.3) is 0 Å². The molecule has 0 radical (unpaired) electrons. The number of rotatable bonds is 6. The minimum atomic E-state index is -0.749. The van der Waals surface area contributed by atoms with Gasteiger partial charge in [0.2, 0.25) is 0 Å². The van der Waals surface area contributed by atoms with E-state index < -0.39 is 29.1 Å². The zero-order valence-corrected chi connectivity index (χ0v) is 26.4. The van der Waals surface area contributed by atoms with Crippen LogP contribution in [0.4, 0.5) is 5.69 Å². The number of benzene rings is 1. The van der Waals surface area contributed by atoms with Gasteiger partial charge < -0.3 is 24.6 Å². The second-order valence-corrected chi connectivity index (χ2v) is 14.7. The molecule has 8 nitrogen and oxygen atoms in total. The highest BCUT2D eigenvalue weighted by Gasteiger charge is 2.80. The van der Waals surface area contributed by atoms with Gasteiger partial charge in [-0.25, -0.2) is 9.59 Å². The van der Waals surface area contributed by atoms with Crippen LogP contribution in [-0.4, -0.2) is 60.4 Å². The van der Waals surface area contributed by atoms with Crippen molar-refractivity contribution < 1.29 is 33.7 Å². The first kappa shape index (κ1) is 29.7. The molecule has 0 bridgehead atoms. The molecule has 4 aliphatic carbocycles. The van der Waals surface area contributed by atoms with Gasteiger partial charge in [-0.05, 0) is 105 Å². The molecule has 44 heavy (non-hydrogen) atoms. The Hall–Kier alpha value is -2.97. The largest absolute Gasteiger partial charge is 0.458 e. The van der Waals surface area contributed by atoms with Crippen molar-refractivity contribution in [3.8, 4) is 0 Å². The van der Waals surface area contributed by atoms with Gasteiger partial charge in [0.05, 0.1) is 22.7 Å². The van der Waals surface area contributed by atoms with Crippen LogP contribution in [0, 0.1) is 40.4 Å². The van der Waals surface area contributed by atoms with Crippen LogP contribution in [0.2, 0.25) is 0 Å². The van der Waals surface area contributed by atoms with Crippen LogP contribution in [-0.2, 0) is 23.8 Å². The molecule has 4 fully saturated rings. The maximum atomic E-state index is 13.4. The molecule has 0 unspecified atom stereocenters. The Labute approximate surface area is 259 Å². The molecule has 0 aromatic heterocycles. The van der Waals surface area contributed by atoms with E-state index in [9.17, 15) is 19.5 Å². The Bertz CT molecular complexity index is 1470. The van der Waals surface area contributed by atoms with E-state index in [0.29, 0.717) is 41.0 Å². The number of aliphatic hydroxyl groups excluding tert-OH is 1. The lowest BCUT2D eigenvalue weighted by Gasteiger charge is -2.58. The van der Waals surface area contributed by atoms with Gasteiger partial charge in [-0.15, -0.1) is 0 Å². The third-order valence-electron chi connectivity index (χ3n) is 13.2. The fourth-order valence-corrected chi connectivity index (χ4v) is 10.8. The monoisotopic (exact) mass is 603 g/mol. The summed E-state index contributed by atoms with van der Waals surface area (Å²) in [6, 6.07) is 7.13. The first-order chi connectivity index (χ1) is 21.0. The number of epoxide rings is 1. The van der Waals surface area contributed by atoms with Crippen LogP contribution in [0.15, 0.2) is 47.6 Å². The average molecular weight is 604 g/mol. The van der Waals surface area contributed by atoms with Crippen molar-refractivity contribution in [3.63, 3.8) is 0 Å². The van der Waals surface area contributed by atoms with E-state index >= 15 is 0 Å². The van der Waals surface area contributed by atoms with Crippen LogP contribution in [0.3, 0.4) is 0 Å². The zero-order valence-electron chi connectivity index (χ0n) is 26.4. The number of esters is 2. The molecule has 7 rings (SSSR count). The number of para-hydroxylation sites is 1. The summed E-state index contributed by atoms with van der Waals surface area (Å²) in [5.74, 6) is 0.837. The predicted molar refractivity (Wildman–Crippen MR) is 164 cm³/mol. The number of ether oxygens (including phenoxy) is 3. The maximum Gasteiger partial charge on any atom is 0.340 e. The van der Waals surface area contributed by atoms with E-state index in [4.69, 9.17) is 14.2 Å². The fraction of sp³-hybridized carbons (Fsp3) is 0.639. The van der Waals surface area contributed by atoms with E-state index in [1.807, 2.05) is 13.0 Å². The number of hydrogen-bond acceptors (Lipinski definition) is 8. The number of hydrogen-bond donors (Lipinski definition) is 2. The second kappa shape index (κ2) is 10.3. The van der Waals surface area contributed by atoms with Crippen LogP contribution >= 0.6 is 0 Å². The Morgan fingerprint density at radius 3 is 2.68 bits per heavy atom. The summed E-state index contributed by atoms with van der Waals surface area (Å²) in [4.78, 5) is 39.5. The number of cyclic esters (lactones) is 1. The fourth-order valence-electron chi connectivity index (χ4n) is 10.8. The molecule has 3 saturated carbocycles. The molecule has 8 heteroatoms. The number of aliphatic hydroxyl groups is 1. The second-order valence-electron chi connectivity index (χ2n) is 14.7. The highest BCUT2D eigenvalue weighted by Crippen LogP contribution is 2.73. The smallest absolute Gasteiger partial charge is 0.340 e. The number of nitrogens with one attached hydrogen (secondary N) is 1. The lowest BCUT2D eigenvalue weighted by Crippen LogP contribution is -2.63. The molecule has 6 aliphatic rings. The normalized spacial score (nSPS) is 42.8. The maximum absolute atomic E-state index is 13.4. The molecule has 2 aliphatic heterocycles. The van der Waals surface area contributed by atoms with Gasteiger partial charge >= 0.3 is 11.9 Å². The number of allylic oxidation sites excluding steroid dienone is 1. The van der Waals surface area contributed by atoms with Crippen LogP contribution < -0.4 is 5.32 Å². The molecule has 1 aromatic rings. The van der Waals surface area contributed by atoms with Crippen molar-refractivity contribution in [2.24, 2.45) is 40.4 Å². The molecule has 11 atom stereocenters. The Kier molecular flexibility index (Phi) is 6.94. The van der Waals surface area contributed by atoms with Crippen molar-refractivity contribution in [2.45, 2.75) is 90.1 Å². The minimum absolute atomic E-state index is 0.0669. The lowest BCUT2D eigenvalue weighted by molar-refractivity contribution is -0.155. The van der Waals surface area contributed by atoms with Gasteiger partial charge in [0, 0.05) is 19.2 Å². The third kappa shape index (κ3) is 3.98. The topological polar surface area (TPSA) is 114 Å². The van der Waals surface area contributed by atoms with Gasteiger partial charge in [-0.3, -0.25) is 4.79 Å². The zero-order chi connectivity index (χ0) is 31.2. The predicted octanol–water partition coefficient (Wildman–Crippen LogP) is 5.26. The Morgan fingerprint density at radius 1 is 1.16 bits per heavy atom. The number of carbonyl (C=O) groups is 3. The molecule has 1 spiro atoms. The van der Waals surface area contributed by atoms with Crippen molar-refractivity contribution in [3.05, 3.63) is 53.1 Å². The van der Waals surface area contributed by atoms with Crippen LogP contribution in [0.5, 0.6) is 0 Å². The van der Waals surface area contributed by atoms with Gasteiger partial charge in [-0.1, -0.05) is 31.6 Å². The van der Waals surface area contributed by atoms with E-state index in [1.165, 1.54) is 0 Å². The Balaban J connectivity index is 1.05. The molecule has 0 amide bonds. The van der Waals surface area contributed by atoms with Gasteiger partial charge in [-0.2, -0.15) is 0 Å². The molecule has 1 saturated heterocycles. The minimum Gasteiger partial charge on any atom is -0.458 e. The molecular weight excluding hydrogens is 558 g/mol. The van der Waals surface area contributed by atoms with E-state index in [-0.39, 0.29) is 41.8 Å². The summed E-state index contributed by atoms with van der Waals surface area (Å²) in [7, 11) is 1.75. The third-order valence-corrected chi connectivity index (χ3v) is 13.2. The van der Waals surface area contributed by atoms with E-state index in [0.717, 1.165) is 37.7 Å². The van der Waals surface area contributed by atoms with E-state index in [2.05, 4.69) is 26.1 Å². The summed E-state index contributed by atoms with van der Waals surface area (Å²) >= 11 is 0. The number of fused-ring (bicyclic) bond motifs is 4. The number of anilines is 1. The summed E-state index contributed by atoms with van der Waals surface area (Å²) in [6.45, 7) is 8.56. The molecular formula is C36H45NO7. The standard InChI is InChI=1S/C36H45NO7/c1-19-16-28(43-33(41)23(19)18-42-32(40)21-8-6-7-9-27(21)37-5)20(2)24-10-11-25-22-17-31-36(44-31)30(39)13-12-29(38)35(36,4)26(22)14-15-34(24,25)3/h6-9,12-13,20,22,24-26,28,30-31,37,39H,10-11,14-18H2,1-5H3/t20-,22-,24+,25-,26-,28+,30-,31+,34+,35-,36+/m0/s1. The van der Waals surface area contributed by atoms with Crippen molar-refractivity contribution in [2.75, 3.05) is 19.0 Å². The SMILES string of the molecule is CNc1ccccc1C(=O)OCC1=C(C)C[C@H]([C@@H](C)[C@H]2CC[C@H]3[C@@H]4C[C@H]5O[C@]56[C@@H](O)C=CC(=O)[C@]6(C)[C@H]4CC[C@]23C)OC1=O. The number of carbonyl (C=O) groups excluding carboxylic acids is 3. The summed E-state index contributed by atoms with van der Waals surface area (Å²) < 4.78 is 17.9. The van der Waals surface area contributed by atoms with Crippen molar-refractivity contribution in [1.29, 1.82) is 0 Å². The summed E-state index contributed by atoms with van der Waals surface area (Å²) in [6.07, 6.45) is 7.86. The molecule has 1 aromatic carbocycles. The quantitative estimate of drug-likeness (QED) is 0.334. The van der Waals surface area contributed by atoms with Gasteiger partial charge in [0.15, 0.2) is 5.78 Å². The number of ketones is 1. The van der Waals surface area contributed by atoms with Crippen LogP contribution in [0.1, 0.15) is 76.6 Å². The summed E-state index contributed by atoms with van der Waals surface area (Å²) in [5, 5.41) is 13.9. The first-order valence-electron chi connectivity index (χ1n) is 16.4. The first-order valence-corrected chi connectivity index (χ1v) is 16.4. The van der Waals surface area contributed by atoms with Crippen LogP contribution in [0.25, 0.3) is 0 Å². The van der Waals surface area contributed by atoms with Crippen molar-refractivity contribution in [1.82, 2.24) is 0 Å². The highest BCUT2D eigenvalue weighted by molar-refractivity contribution is 5.98. The van der Waals surface area contributed by atoms with E-state index in [1.54, 1.807) is 37.4 Å². The molecule has 2 N–H and O–H groups in total. The summed E-state index contributed by atoms with van der Waals surface area (Å²) in [5.41, 5.74) is 1.09. The Morgan fingerprint density at radius 2 is 1.93 bits per heavy atom.